The van der Waals surface area contributed by atoms with E-state index in [2.05, 4.69) is 12.6 Å². The second-order valence-corrected chi connectivity index (χ2v) is 4.65. The van der Waals surface area contributed by atoms with Crippen molar-refractivity contribution in [2.45, 2.75) is 31.3 Å². The van der Waals surface area contributed by atoms with Gasteiger partial charge in [-0.3, -0.25) is 9.59 Å². The molecule has 20 heavy (non-hydrogen) atoms. The van der Waals surface area contributed by atoms with Gasteiger partial charge in [0.2, 0.25) is 5.91 Å². The summed E-state index contributed by atoms with van der Waals surface area (Å²) in [5, 5.41) is 17.8. The van der Waals surface area contributed by atoms with Gasteiger partial charge in [-0.15, -0.1) is 0 Å². The maximum absolute atomic E-state index is 12.1. The Morgan fingerprint density at radius 1 is 1.20 bits per heavy atom. The molecule has 0 rings (SSSR count). The summed E-state index contributed by atoms with van der Waals surface area (Å²) >= 11 is 3.84. The Morgan fingerprint density at radius 2 is 1.80 bits per heavy atom. The van der Waals surface area contributed by atoms with E-state index in [1.807, 2.05) is 0 Å². The van der Waals surface area contributed by atoms with Gasteiger partial charge < -0.3 is 26.6 Å². The molecule has 2 atom stereocenters. The van der Waals surface area contributed by atoms with E-state index in [0.717, 1.165) is 4.90 Å². The lowest BCUT2D eigenvalue weighted by atomic mass is 10.1. The minimum Gasteiger partial charge on any atom is -0.480 e. The molecule has 6 N–H and O–H groups in total. The molecule has 0 aromatic rings. The quantitative estimate of drug-likeness (QED) is 0.250. The molecule has 0 aromatic carbocycles. The summed E-state index contributed by atoms with van der Waals surface area (Å²) in [4.78, 5) is 34.6. The van der Waals surface area contributed by atoms with Crippen LogP contribution in [-0.4, -0.2) is 63.9 Å². The Labute approximate surface area is 122 Å². The lowest BCUT2D eigenvalue weighted by molar-refractivity contribution is -0.154. The van der Waals surface area contributed by atoms with Crippen molar-refractivity contribution in [3.63, 3.8) is 0 Å². The van der Waals surface area contributed by atoms with E-state index in [0.29, 0.717) is 25.8 Å². The van der Waals surface area contributed by atoms with Crippen molar-refractivity contribution in [3.8, 4) is 0 Å². The molecular weight excluding hydrogens is 286 g/mol. The van der Waals surface area contributed by atoms with Gasteiger partial charge in [-0.05, 0) is 19.4 Å². The van der Waals surface area contributed by atoms with E-state index in [1.165, 1.54) is 0 Å². The Balaban J connectivity index is 4.87. The zero-order valence-corrected chi connectivity index (χ0v) is 12.0. The van der Waals surface area contributed by atoms with Gasteiger partial charge in [-0.25, -0.2) is 4.79 Å². The van der Waals surface area contributed by atoms with Gasteiger partial charge in [0, 0.05) is 5.75 Å². The summed E-state index contributed by atoms with van der Waals surface area (Å²) in [6, 6.07) is -2.26. The van der Waals surface area contributed by atoms with Gasteiger partial charge in [0.1, 0.15) is 12.6 Å². The molecule has 0 saturated carbocycles. The molecule has 0 bridgehead atoms. The molecule has 0 heterocycles. The number of nitrogens with zero attached hydrogens (tertiary/aromatic N) is 1. The maximum Gasteiger partial charge on any atom is 0.327 e. The summed E-state index contributed by atoms with van der Waals surface area (Å²) in [5.41, 5.74) is 11.0. The molecule has 116 valence electrons. The van der Waals surface area contributed by atoms with Crippen LogP contribution >= 0.6 is 12.6 Å². The zero-order chi connectivity index (χ0) is 15.7. The van der Waals surface area contributed by atoms with Crippen LogP contribution in [0.4, 0.5) is 0 Å². The van der Waals surface area contributed by atoms with Crippen LogP contribution in [0, 0.1) is 0 Å². The molecule has 0 aliphatic carbocycles. The number of aliphatic carboxylic acids is 2. The number of carboxylic acids is 2. The monoisotopic (exact) mass is 307 g/mol. The first-order valence-electron chi connectivity index (χ1n) is 6.16. The van der Waals surface area contributed by atoms with Crippen molar-refractivity contribution in [3.05, 3.63) is 0 Å². The topological polar surface area (TPSA) is 147 Å². The molecular formula is C11H21N3O5S. The van der Waals surface area contributed by atoms with Gasteiger partial charge in [-0.1, -0.05) is 6.42 Å². The van der Waals surface area contributed by atoms with E-state index < -0.39 is 36.5 Å². The number of thiol groups is 1. The minimum atomic E-state index is -1.32. The Kier molecular flexibility index (Phi) is 8.93. The molecule has 0 spiro atoms. The third-order valence-corrected chi connectivity index (χ3v) is 3.06. The van der Waals surface area contributed by atoms with Gasteiger partial charge in [0.05, 0.1) is 6.04 Å². The number of carbonyl (C=O) groups excluding carboxylic acids is 1. The van der Waals surface area contributed by atoms with Crippen molar-refractivity contribution in [1.29, 1.82) is 0 Å². The maximum atomic E-state index is 12.1. The average molecular weight is 307 g/mol. The number of unbranched alkanes of at least 4 members (excludes halogenated alkanes) is 1. The Morgan fingerprint density at radius 3 is 2.20 bits per heavy atom. The van der Waals surface area contributed by atoms with Crippen molar-refractivity contribution in [2.75, 3.05) is 18.8 Å². The predicted molar refractivity (Wildman–Crippen MR) is 75.5 cm³/mol. The SMILES string of the molecule is NCCCCC(N)C(=O)N(CC(=O)O)C(CS)C(=O)O. The fourth-order valence-corrected chi connectivity index (χ4v) is 2.00. The Hall–Kier alpha value is -1.32. The standard InChI is InChI=1S/C11H21N3O5S/c12-4-2-1-3-7(13)10(17)14(5-9(15)16)8(6-20)11(18)19/h7-8,20H,1-6,12-13H2,(H,15,16)(H,18,19). The number of carbonyl (C=O) groups is 3. The third kappa shape index (κ3) is 6.22. The highest BCUT2D eigenvalue weighted by atomic mass is 32.1. The molecule has 0 saturated heterocycles. The molecule has 0 aromatic heterocycles. The molecule has 9 heteroatoms. The zero-order valence-electron chi connectivity index (χ0n) is 11.1. The van der Waals surface area contributed by atoms with Crippen molar-refractivity contribution in [1.82, 2.24) is 4.90 Å². The largest absolute Gasteiger partial charge is 0.480 e. The Bertz CT molecular complexity index is 353. The third-order valence-electron chi connectivity index (χ3n) is 2.71. The first kappa shape index (κ1) is 18.7. The van der Waals surface area contributed by atoms with Crippen LogP contribution in [0.3, 0.4) is 0 Å². The van der Waals surface area contributed by atoms with Crippen LogP contribution in [-0.2, 0) is 14.4 Å². The molecule has 0 fully saturated rings. The molecule has 0 aliphatic rings. The minimum absolute atomic E-state index is 0.191. The normalized spacial score (nSPS) is 13.6. The van der Waals surface area contributed by atoms with Gasteiger partial charge >= 0.3 is 11.9 Å². The molecule has 2 unspecified atom stereocenters. The van der Waals surface area contributed by atoms with E-state index in [4.69, 9.17) is 21.7 Å². The van der Waals surface area contributed by atoms with Crippen LogP contribution < -0.4 is 11.5 Å². The van der Waals surface area contributed by atoms with E-state index >= 15 is 0 Å². The van der Waals surface area contributed by atoms with Crippen molar-refractivity contribution >= 4 is 30.5 Å². The van der Waals surface area contributed by atoms with Gasteiger partial charge in [-0.2, -0.15) is 12.6 Å². The molecule has 0 radical (unpaired) electrons. The highest BCUT2D eigenvalue weighted by molar-refractivity contribution is 7.80. The lowest BCUT2D eigenvalue weighted by Crippen LogP contribution is -2.54. The summed E-state index contributed by atoms with van der Waals surface area (Å²) in [6.45, 7) is -0.255. The fourth-order valence-electron chi connectivity index (χ4n) is 1.64. The predicted octanol–water partition coefficient (Wildman–Crippen LogP) is -1.26. The number of hydrogen-bond acceptors (Lipinski definition) is 6. The second kappa shape index (κ2) is 9.56. The molecule has 1 amide bonds. The van der Waals surface area contributed by atoms with E-state index in [-0.39, 0.29) is 5.75 Å². The molecule has 8 nitrogen and oxygen atoms in total. The van der Waals surface area contributed by atoms with Crippen LogP contribution in [0.2, 0.25) is 0 Å². The summed E-state index contributed by atoms with van der Waals surface area (Å²) in [5.74, 6) is -3.51. The number of hydrogen-bond donors (Lipinski definition) is 5. The van der Waals surface area contributed by atoms with Crippen molar-refractivity contribution in [2.24, 2.45) is 11.5 Å². The number of carboxylic acid groups (broad SMARTS) is 2. The first-order valence-corrected chi connectivity index (χ1v) is 6.80. The fraction of sp³-hybridized carbons (Fsp3) is 0.727. The number of nitrogens with two attached hydrogens (primary N) is 2. The van der Waals surface area contributed by atoms with E-state index in [9.17, 15) is 14.4 Å². The average Bonchev–Trinajstić information content (AvgIpc) is 2.36. The number of amides is 1. The first-order chi connectivity index (χ1) is 9.34. The van der Waals surface area contributed by atoms with E-state index in [1.54, 1.807) is 0 Å². The summed E-state index contributed by atoms with van der Waals surface area (Å²) in [6.07, 6.45) is 1.63. The summed E-state index contributed by atoms with van der Waals surface area (Å²) < 4.78 is 0. The highest BCUT2D eigenvalue weighted by Crippen LogP contribution is 2.08. The van der Waals surface area contributed by atoms with Crippen LogP contribution in [0.1, 0.15) is 19.3 Å². The number of rotatable bonds is 10. The van der Waals surface area contributed by atoms with Crippen molar-refractivity contribution < 1.29 is 24.6 Å². The van der Waals surface area contributed by atoms with Gasteiger partial charge in [0.25, 0.3) is 0 Å². The summed E-state index contributed by atoms with van der Waals surface area (Å²) in [7, 11) is 0. The lowest BCUT2D eigenvalue weighted by Gasteiger charge is -2.28. The van der Waals surface area contributed by atoms with Crippen LogP contribution in [0.25, 0.3) is 0 Å². The van der Waals surface area contributed by atoms with Gasteiger partial charge in [0.15, 0.2) is 0 Å². The van der Waals surface area contributed by atoms with Crippen LogP contribution in [0.15, 0.2) is 0 Å². The second-order valence-electron chi connectivity index (χ2n) is 4.29. The smallest absolute Gasteiger partial charge is 0.327 e. The molecule has 0 aliphatic heterocycles. The highest BCUT2D eigenvalue weighted by Gasteiger charge is 2.32. The van der Waals surface area contributed by atoms with Crippen LogP contribution in [0.5, 0.6) is 0 Å².